The topological polar surface area (TPSA) is 41.6 Å². The number of aromatic amines is 1. The van der Waals surface area contributed by atoms with Gasteiger partial charge in [-0.15, -0.1) is 11.3 Å². The Hall–Kier alpha value is -1.94. The number of pyridine rings is 1. The lowest BCUT2D eigenvalue weighted by Crippen LogP contribution is -1.81. The first-order chi connectivity index (χ1) is 8.34. The smallest absolute Gasteiger partial charge is 0.148 e. The van der Waals surface area contributed by atoms with E-state index in [4.69, 9.17) is 0 Å². The van der Waals surface area contributed by atoms with Crippen molar-refractivity contribution in [2.75, 3.05) is 0 Å². The maximum Gasteiger partial charge on any atom is 0.148 e. The van der Waals surface area contributed by atoms with Crippen LogP contribution >= 0.6 is 11.3 Å². The third kappa shape index (κ3) is 1.87. The number of nitrogens with zero attached hydrogens (tertiary/aromatic N) is 2. The molecular weight excluding hydrogens is 230 g/mol. The van der Waals surface area contributed by atoms with E-state index in [1.54, 1.807) is 17.5 Å². The van der Waals surface area contributed by atoms with Gasteiger partial charge in [0, 0.05) is 23.7 Å². The number of aryl methyl sites for hydroxylation is 1. The van der Waals surface area contributed by atoms with Crippen molar-refractivity contribution in [2.24, 2.45) is 0 Å². The van der Waals surface area contributed by atoms with E-state index >= 15 is 0 Å². The second-order valence-electron chi connectivity index (χ2n) is 3.78. The summed E-state index contributed by atoms with van der Waals surface area (Å²) in [7, 11) is 0. The molecule has 0 atom stereocenters. The molecule has 84 valence electrons. The third-order valence-corrected chi connectivity index (χ3v) is 3.45. The largest absolute Gasteiger partial charge is 0.341 e. The summed E-state index contributed by atoms with van der Waals surface area (Å²) < 4.78 is 0. The maximum absolute atomic E-state index is 4.64. The highest BCUT2D eigenvalue weighted by atomic mass is 32.1. The number of H-pyrrole nitrogens is 1. The highest BCUT2D eigenvalue weighted by Gasteiger charge is 2.10. The molecule has 0 bridgehead atoms. The van der Waals surface area contributed by atoms with E-state index in [0.29, 0.717) is 0 Å². The SMILES string of the molecule is Cc1[nH]c(-c2cccs2)nc1-c1cccnc1. The van der Waals surface area contributed by atoms with Crippen molar-refractivity contribution < 1.29 is 0 Å². The van der Waals surface area contributed by atoms with Gasteiger partial charge >= 0.3 is 0 Å². The van der Waals surface area contributed by atoms with E-state index in [0.717, 1.165) is 27.7 Å². The Morgan fingerprint density at radius 1 is 1.24 bits per heavy atom. The highest BCUT2D eigenvalue weighted by molar-refractivity contribution is 7.13. The molecule has 0 aliphatic carbocycles. The van der Waals surface area contributed by atoms with Crippen molar-refractivity contribution in [1.29, 1.82) is 0 Å². The van der Waals surface area contributed by atoms with Gasteiger partial charge in [0.25, 0.3) is 0 Å². The minimum absolute atomic E-state index is 0.927. The third-order valence-electron chi connectivity index (χ3n) is 2.57. The molecule has 17 heavy (non-hydrogen) atoms. The Bertz CT molecular complexity index is 611. The Morgan fingerprint density at radius 2 is 2.18 bits per heavy atom. The number of aromatic nitrogens is 3. The van der Waals surface area contributed by atoms with Crippen LogP contribution in [0.1, 0.15) is 5.69 Å². The fourth-order valence-corrected chi connectivity index (χ4v) is 2.44. The van der Waals surface area contributed by atoms with Crippen molar-refractivity contribution in [3.05, 3.63) is 47.7 Å². The Kier molecular flexibility index (Phi) is 2.49. The van der Waals surface area contributed by atoms with E-state index in [2.05, 4.69) is 26.4 Å². The lowest BCUT2D eigenvalue weighted by Gasteiger charge is -1.95. The molecule has 0 aliphatic rings. The van der Waals surface area contributed by atoms with Gasteiger partial charge in [-0.25, -0.2) is 4.98 Å². The summed E-state index contributed by atoms with van der Waals surface area (Å²) in [4.78, 5) is 13.2. The van der Waals surface area contributed by atoms with Crippen LogP contribution in [0.25, 0.3) is 22.0 Å². The summed E-state index contributed by atoms with van der Waals surface area (Å²) in [6, 6.07) is 8.04. The molecule has 3 aromatic heterocycles. The molecule has 0 fully saturated rings. The maximum atomic E-state index is 4.64. The van der Waals surface area contributed by atoms with E-state index in [1.807, 2.05) is 31.3 Å². The summed E-state index contributed by atoms with van der Waals surface area (Å²) in [5.74, 6) is 0.927. The number of hydrogen-bond acceptors (Lipinski definition) is 3. The molecule has 0 aromatic carbocycles. The van der Waals surface area contributed by atoms with Gasteiger partial charge < -0.3 is 4.98 Å². The molecule has 0 radical (unpaired) electrons. The fourth-order valence-electron chi connectivity index (χ4n) is 1.77. The van der Waals surface area contributed by atoms with Crippen molar-refractivity contribution in [1.82, 2.24) is 15.0 Å². The standard InChI is InChI=1S/C13H11N3S/c1-9-12(10-4-2-6-14-8-10)16-13(15-9)11-5-3-7-17-11/h2-8H,1H3,(H,15,16). The molecule has 3 aromatic rings. The van der Waals surface area contributed by atoms with E-state index in [-0.39, 0.29) is 0 Å². The van der Waals surface area contributed by atoms with E-state index in [1.165, 1.54) is 0 Å². The lowest BCUT2D eigenvalue weighted by molar-refractivity contribution is 1.26. The first-order valence-corrected chi connectivity index (χ1v) is 6.23. The predicted octanol–water partition coefficient (Wildman–Crippen LogP) is 3.51. The molecule has 1 N–H and O–H groups in total. The Morgan fingerprint density at radius 3 is 2.88 bits per heavy atom. The first-order valence-electron chi connectivity index (χ1n) is 5.35. The van der Waals surface area contributed by atoms with Crippen LogP contribution in [-0.2, 0) is 0 Å². The molecule has 3 heterocycles. The minimum atomic E-state index is 0.927. The Labute approximate surface area is 103 Å². The van der Waals surface area contributed by atoms with Gasteiger partial charge in [-0.1, -0.05) is 6.07 Å². The van der Waals surface area contributed by atoms with Gasteiger partial charge in [-0.3, -0.25) is 4.98 Å². The zero-order valence-electron chi connectivity index (χ0n) is 9.34. The molecule has 0 saturated carbocycles. The average Bonchev–Trinajstić information content (AvgIpc) is 2.99. The number of thiophene rings is 1. The number of imidazole rings is 1. The first kappa shape index (κ1) is 10.2. The van der Waals surface area contributed by atoms with Gasteiger partial charge in [0.15, 0.2) is 0 Å². The summed E-state index contributed by atoms with van der Waals surface area (Å²) in [6.45, 7) is 2.03. The van der Waals surface area contributed by atoms with Gasteiger partial charge in [-0.2, -0.15) is 0 Å². The number of nitrogens with one attached hydrogen (secondary N) is 1. The quantitative estimate of drug-likeness (QED) is 0.746. The molecule has 0 saturated heterocycles. The lowest BCUT2D eigenvalue weighted by atomic mass is 10.2. The van der Waals surface area contributed by atoms with Gasteiger partial charge in [0.2, 0.25) is 0 Å². The van der Waals surface area contributed by atoms with Crippen molar-refractivity contribution in [3.63, 3.8) is 0 Å². The second kappa shape index (κ2) is 4.14. The second-order valence-corrected chi connectivity index (χ2v) is 4.73. The van der Waals surface area contributed by atoms with Crippen molar-refractivity contribution >= 4 is 11.3 Å². The van der Waals surface area contributed by atoms with Crippen LogP contribution in [-0.4, -0.2) is 15.0 Å². The summed E-state index contributed by atoms with van der Waals surface area (Å²) in [5.41, 5.74) is 3.09. The van der Waals surface area contributed by atoms with Crippen LogP contribution in [0.5, 0.6) is 0 Å². The number of hydrogen-bond donors (Lipinski definition) is 1. The molecule has 0 unspecified atom stereocenters. The molecule has 0 aliphatic heterocycles. The fraction of sp³-hybridized carbons (Fsp3) is 0.0769. The molecular formula is C13H11N3S. The zero-order valence-corrected chi connectivity index (χ0v) is 10.2. The van der Waals surface area contributed by atoms with Gasteiger partial charge in [0.1, 0.15) is 5.82 Å². The van der Waals surface area contributed by atoms with Gasteiger partial charge in [0.05, 0.1) is 10.6 Å². The van der Waals surface area contributed by atoms with Crippen LogP contribution in [0.4, 0.5) is 0 Å². The van der Waals surface area contributed by atoms with Crippen LogP contribution < -0.4 is 0 Å². The molecule has 0 spiro atoms. The summed E-state index contributed by atoms with van der Waals surface area (Å²) in [6.07, 6.45) is 3.60. The van der Waals surface area contributed by atoms with Crippen LogP contribution in [0.2, 0.25) is 0 Å². The van der Waals surface area contributed by atoms with Crippen molar-refractivity contribution in [3.8, 4) is 22.0 Å². The summed E-state index contributed by atoms with van der Waals surface area (Å²) >= 11 is 1.68. The average molecular weight is 241 g/mol. The highest BCUT2D eigenvalue weighted by Crippen LogP contribution is 2.27. The van der Waals surface area contributed by atoms with Crippen LogP contribution in [0.3, 0.4) is 0 Å². The van der Waals surface area contributed by atoms with Gasteiger partial charge in [-0.05, 0) is 30.5 Å². The minimum Gasteiger partial charge on any atom is -0.341 e. The summed E-state index contributed by atoms with van der Waals surface area (Å²) in [5, 5.41) is 2.05. The van der Waals surface area contributed by atoms with Crippen LogP contribution in [0.15, 0.2) is 42.0 Å². The van der Waals surface area contributed by atoms with E-state index in [9.17, 15) is 0 Å². The van der Waals surface area contributed by atoms with Crippen LogP contribution in [0, 0.1) is 6.92 Å². The normalized spacial score (nSPS) is 10.6. The predicted molar refractivity (Wildman–Crippen MR) is 69.9 cm³/mol. The number of rotatable bonds is 2. The zero-order chi connectivity index (χ0) is 11.7. The van der Waals surface area contributed by atoms with E-state index < -0.39 is 0 Å². The molecule has 4 heteroatoms. The van der Waals surface area contributed by atoms with Crippen molar-refractivity contribution in [2.45, 2.75) is 6.92 Å². The monoisotopic (exact) mass is 241 g/mol. The molecule has 0 amide bonds. The molecule has 3 rings (SSSR count). The Balaban J connectivity index is 2.08. The molecule has 3 nitrogen and oxygen atoms in total.